The van der Waals surface area contributed by atoms with Gasteiger partial charge in [0.05, 0.1) is 35.9 Å². The van der Waals surface area contributed by atoms with Crippen molar-refractivity contribution in [3.8, 4) is 28.5 Å². The molecule has 0 radical (unpaired) electrons. The molecule has 3 aromatic rings. The van der Waals surface area contributed by atoms with E-state index in [1.807, 2.05) is 0 Å². The van der Waals surface area contributed by atoms with Crippen LogP contribution in [0.3, 0.4) is 0 Å². The van der Waals surface area contributed by atoms with Crippen molar-refractivity contribution in [3.05, 3.63) is 71.2 Å². The van der Waals surface area contributed by atoms with Crippen molar-refractivity contribution in [2.24, 2.45) is 0 Å². The van der Waals surface area contributed by atoms with Crippen molar-refractivity contribution in [1.29, 1.82) is 0 Å². The number of ether oxygens (including phenoxy) is 4. The van der Waals surface area contributed by atoms with Gasteiger partial charge in [-0.2, -0.15) is 13.2 Å². The molecular formula is C32H35F4N3O8S. The Labute approximate surface area is 276 Å². The SMILES string of the molecule is CCC(=O)OC(C)COc1ccc(C(=O)NCC(O)(c2cc3c(c(-c4ccc(F)cc4)n2)OCC3(C)NS(C)=O)C(F)(F)F)cc1OC. The van der Waals surface area contributed by atoms with E-state index in [2.05, 4.69) is 15.0 Å². The first-order valence-corrected chi connectivity index (χ1v) is 16.2. The molecular weight excluding hydrogens is 662 g/mol. The summed E-state index contributed by atoms with van der Waals surface area (Å²) in [6.45, 7) is 3.31. The number of methoxy groups -OCH3 is 1. The summed E-state index contributed by atoms with van der Waals surface area (Å²) in [5, 5.41) is 13.4. The first kappa shape index (κ1) is 36.6. The van der Waals surface area contributed by atoms with Gasteiger partial charge in [-0.25, -0.2) is 18.3 Å². The largest absolute Gasteiger partial charge is 0.493 e. The lowest BCUT2D eigenvalue weighted by atomic mass is 9.89. The summed E-state index contributed by atoms with van der Waals surface area (Å²) in [4.78, 5) is 28.8. The molecule has 4 rings (SSSR count). The lowest BCUT2D eigenvalue weighted by Gasteiger charge is -2.32. The number of pyridine rings is 1. The molecule has 0 spiro atoms. The van der Waals surface area contributed by atoms with Crippen molar-refractivity contribution < 1.29 is 55.4 Å². The summed E-state index contributed by atoms with van der Waals surface area (Å²) in [6, 6.07) is 9.63. The maximum absolute atomic E-state index is 14.8. The third kappa shape index (κ3) is 7.88. The summed E-state index contributed by atoms with van der Waals surface area (Å²) in [7, 11) is -0.327. The first-order chi connectivity index (χ1) is 22.5. The number of nitrogens with zero attached hydrogens (tertiary/aromatic N) is 1. The van der Waals surface area contributed by atoms with Crippen molar-refractivity contribution in [2.75, 3.05) is 33.1 Å². The fraction of sp³-hybridized carbons (Fsp3) is 0.406. The summed E-state index contributed by atoms with van der Waals surface area (Å²) in [6.07, 6.45) is -4.42. The molecule has 0 fully saturated rings. The minimum absolute atomic E-state index is 0.0340. The quantitative estimate of drug-likeness (QED) is 0.176. The Morgan fingerprint density at radius 2 is 1.83 bits per heavy atom. The third-order valence-corrected chi connectivity index (χ3v) is 8.22. The number of fused-ring (bicyclic) bond motifs is 1. The smallest absolute Gasteiger partial charge is 0.424 e. The molecule has 0 aliphatic carbocycles. The van der Waals surface area contributed by atoms with Gasteiger partial charge >= 0.3 is 12.1 Å². The van der Waals surface area contributed by atoms with Crippen LogP contribution in [0.1, 0.15) is 48.8 Å². The number of alkyl halides is 3. The molecule has 1 aliphatic heterocycles. The molecule has 0 saturated carbocycles. The number of halogens is 4. The predicted octanol–water partition coefficient (Wildman–Crippen LogP) is 4.29. The normalized spacial score (nSPS) is 18.1. The van der Waals surface area contributed by atoms with Crippen molar-refractivity contribution in [2.45, 2.75) is 50.6 Å². The molecule has 11 nitrogen and oxygen atoms in total. The van der Waals surface area contributed by atoms with E-state index in [4.69, 9.17) is 18.9 Å². The maximum atomic E-state index is 14.8. The Balaban J connectivity index is 1.66. The summed E-state index contributed by atoms with van der Waals surface area (Å²) in [5.41, 5.74) is -5.78. The second kappa shape index (κ2) is 14.5. The number of carbonyl (C=O) groups excluding carboxylic acids is 2. The van der Waals surface area contributed by atoms with E-state index in [1.165, 1.54) is 43.7 Å². The molecule has 2 aromatic carbocycles. The van der Waals surface area contributed by atoms with Crippen LogP contribution in [0.5, 0.6) is 17.2 Å². The zero-order valence-corrected chi connectivity index (χ0v) is 27.5. The highest BCUT2D eigenvalue weighted by Crippen LogP contribution is 2.47. The van der Waals surface area contributed by atoms with Gasteiger partial charge in [0.1, 0.15) is 30.8 Å². The van der Waals surface area contributed by atoms with Crippen LogP contribution >= 0.6 is 0 Å². The lowest BCUT2D eigenvalue weighted by Crippen LogP contribution is -2.52. The van der Waals surface area contributed by atoms with Gasteiger partial charge in [-0.1, -0.05) is 6.92 Å². The number of hydrogen-bond acceptors (Lipinski definition) is 9. The van der Waals surface area contributed by atoms with Crippen LogP contribution in [-0.4, -0.2) is 71.6 Å². The van der Waals surface area contributed by atoms with Crippen LogP contribution < -0.4 is 24.2 Å². The molecule has 4 atom stereocenters. The second-order valence-corrected chi connectivity index (χ2v) is 12.4. The van der Waals surface area contributed by atoms with Crippen LogP contribution in [0.4, 0.5) is 17.6 Å². The number of amides is 1. The van der Waals surface area contributed by atoms with E-state index in [0.29, 0.717) is 0 Å². The standard InChI is InChI=1S/C32H35F4N3O8S/c1-6-26(40)47-18(2)15-45-23-12-9-20(13-24(23)44-4)29(41)37-16-31(42,32(34,35)36)25-14-22-28(46-17-30(22,3)39-48(5)43)27(38-25)19-7-10-21(33)11-8-19/h7-14,18,39,42H,6,15-17H2,1-5H3,(H,37,41). The average molecular weight is 698 g/mol. The van der Waals surface area contributed by atoms with E-state index >= 15 is 0 Å². The number of esters is 1. The summed E-state index contributed by atoms with van der Waals surface area (Å²) in [5.74, 6) is -1.68. The van der Waals surface area contributed by atoms with Gasteiger partial charge in [-0.15, -0.1) is 0 Å². The van der Waals surface area contributed by atoms with E-state index in [-0.39, 0.29) is 59.3 Å². The van der Waals surface area contributed by atoms with Gasteiger partial charge in [0.15, 0.2) is 17.2 Å². The molecule has 1 amide bonds. The highest BCUT2D eigenvalue weighted by Gasteiger charge is 2.57. The predicted molar refractivity (Wildman–Crippen MR) is 166 cm³/mol. The van der Waals surface area contributed by atoms with Gasteiger partial charge in [0, 0.05) is 29.4 Å². The zero-order valence-electron chi connectivity index (χ0n) is 26.7. The van der Waals surface area contributed by atoms with E-state index < -0.39 is 64.3 Å². The molecule has 16 heteroatoms. The van der Waals surface area contributed by atoms with E-state index in [0.717, 1.165) is 18.2 Å². The fourth-order valence-corrected chi connectivity index (χ4v) is 5.73. The molecule has 1 aliphatic rings. The topological polar surface area (TPSA) is 145 Å². The Bertz CT molecular complexity index is 1690. The highest BCUT2D eigenvalue weighted by atomic mass is 32.2. The molecule has 1 aromatic heterocycles. The minimum atomic E-state index is -5.36. The van der Waals surface area contributed by atoms with Gasteiger partial charge < -0.3 is 29.4 Å². The molecule has 260 valence electrons. The van der Waals surface area contributed by atoms with Crippen LogP contribution in [0.2, 0.25) is 0 Å². The average Bonchev–Trinajstić information content (AvgIpc) is 3.36. The van der Waals surface area contributed by atoms with E-state index in [1.54, 1.807) is 20.8 Å². The molecule has 2 heterocycles. The minimum Gasteiger partial charge on any atom is -0.493 e. The number of rotatable bonds is 13. The number of aromatic nitrogens is 1. The molecule has 48 heavy (non-hydrogen) atoms. The molecule has 0 saturated heterocycles. The zero-order chi connectivity index (χ0) is 35.4. The monoisotopic (exact) mass is 697 g/mol. The van der Waals surface area contributed by atoms with Crippen LogP contribution in [-0.2, 0) is 31.7 Å². The highest BCUT2D eigenvalue weighted by molar-refractivity contribution is 7.82. The van der Waals surface area contributed by atoms with Crippen molar-refractivity contribution in [3.63, 3.8) is 0 Å². The number of benzene rings is 2. The Kier molecular flexibility index (Phi) is 11.0. The van der Waals surface area contributed by atoms with Gasteiger partial charge in [0.2, 0.25) is 5.60 Å². The van der Waals surface area contributed by atoms with Crippen molar-refractivity contribution >= 4 is 22.9 Å². The van der Waals surface area contributed by atoms with Crippen LogP contribution in [0, 0.1) is 5.82 Å². The van der Waals surface area contributed by atoms with E-state index in [9.17, 15) is 36.5 Å². The van der Waals surface area contributed by atoms with Crippen molar-refractivity contribution in [1.82, 2.24) is 15.0 Å². The van der Waals surface area contributed by atoms with Gasteiger partial charge in [0.25, 0.3) is 5.91 Å². The Morgan fingerprint density at radius 3 is 2.44 bits per heavy atom. The fourth-order valence-electron chi connectivity index (χ4n) is 4.92. The summed E-state index contributed by atoms with van der Waals surface area (Å²) >= 11 is 0. The van der Waals surface area contributed by atoms with Crippen LogP contribution in [0.25, 0.3) is 11.3 Å². The summed E-state index contributed by atoms with van der Waals surface area (Å²) < 4.78 is 94.7. The second-order valence-electron chi connectivity index (χ2n) is 11.3. The number of hydrogen-bond donors (Lipinski definition) is 3. The Hall–Kier alpha value is -4.28. The third-order valence-electron chi connectivity index (χ3n) is 7.48. The molecule has 3 N–H and O–H groups in total. The molecule has 4 unspecified atom stereocenters. The molecule has 0 bridgehead atoms. The number of aliphatic hydroxyl groups is 1. The number of carbonyl (C=O) groups is 2. The van der Waals surface area contributed by atoms with Gasteiger partial charge in [-0.05, 0) is 62.4 Å². The number of nitrogens with one attached hydrogen (secondary N) is 2. The van der Waals surface area contributed by atoms with Gasteiger partial charge in [-0.3, -0.25) is 9.59 Å². The lowest BCUT2D eigenvalue weighted by molar-refractivity contribution is -0.265. The Morgan fingerprint density at radius 1 is 1.15 bits per heavy atom. The first-order valence-electron chi connectivity index (χ1n) is 14.6. The van der Waals surface area contributed by atoms with Crippen LogP contribution in [0.15, 0.2) is 48.5 Å². The maximum Gasteiger partial charge on any atom is 0.424 e.